The van der Waals surface area contributed by atoms with Crippen LogP contribution in [0.3, 0.4) is 0 Å². The van der Waals surface area contributed by atoms with Gasteiger partial charge in [0.25, 0.3) is 0 Å². The zero-order valence-electron chi connectivity index (χ0n) is 49.1. The van der Waals surface area contributed by atoms with Crippen molar-refractivity contribution in [3.05, 3.63) is 182 Å². The van der Waals surface area contributed by atoms with Crippen LogP contribution in [0.1, 0.15) is 180 Å². The molecule has 0 atom stereocenters. The molecule has 0 N–H and O–H groups in total. The third-order valence-electron chi connectivity index (χ3n) is 6.62. The lowest BCUT2D eigenvalue weighted by atomic mass is 9.64. The van der Waals surface area contributed by atoms with Gasteiger partial charge in [0.2, 0.25) is 0 Å². The second-order valence-electron chi connectivity index (χ2n) is 9.58. The van der Waals surface area contributed by atoms with E-state index in [1.165, 1.54) is 42.0 Å². The van der Waals surface area contributed by atoms with Crippen molar-refractivity contribution in [1.29, 1.82) is 0 Å². The van der Waals surface area contributed by atoms with Crippen LogP contribution in [-0.4, -0.2) is 18.8 Å². The Kier molecular flexibility index (Phi) is 102. The van der Waals surface area contributed by atoms with Gasteiger partial charge in [-0.3, -0.25) is 0 Å². The van der Waals surface area contributed by atoms with Crippen molar-refractivity contribution in [2.45, 2.75) is 200 Å². The Hall–Kier alpha value is -3.92. The Labute approximate surface area is 430 Å². The van der Waals surface area contributed by atoms with E-state index in [4.69, 9.17) is 0 Å². The van der Waals surface area contributed by atoms with Crippen LogP contribution < -0.4 is 10.9 Å². The second-order valence-corrected chi connectivity index (χ2v) is 14.2. The van der Waals surface area contributed by atoms with Gasteiger partial charge >= 0.3 is 0 Å². The van der Waals surface area contributed by atoms with Crippen LogP contribution in [0.15, 0.2) is 202 Å². The predicted octanol–water partition coefficient (Wildman–Crippen LogP) is 21.1. The van der Waals surface area contributed by atoms with Crippen LogP contribution in [0.25, 0.3) is 0 Å². The molecule has 0 aromatic heterocycles. The first-order chi connectivity index (χ1) is 33.3. The van der Waals surface area contributed by atoms with Gasteiger partial charge in [0.1, 0.15) is 11.5 Å². The highest BCUT2D eigenvalue weighted by atomic mass is 32.2. The van der Waals surface area contributed by atoms with Crippen molar-refractivity contribution in [2.75, 3.05) is 11.5 Å². The van der Waals surface area contributed by atoms with E-state index in [0.717, 1.165) is 0 Å². The van der Waals surface area contributed by atoms with Gasteiger partial charge in [-0.15, -0.1) is 0 Å². The van der Waals surface area contributed by atoms with E-state index in [2.05, 4.69) is 191 Å². The molecule has 0 unspecified atom stereocenters. The molecule has 67 heavy (non-hydrogen) atoms. The Morgan fingerprint density at radius 3 is 0.493 bits per heavy atom. The molecule has 0 aliphatic heterocycles. The number of rotatable bonds is 8. The Morgan fingerprint density at radius 1 is 0.224 bits per heavy atom. The monoisotopic (exact) mass is 956 g/mol. The molecule has 0 aliphatic carbocycles. The molecular formula is C64H112BS2+2. The van der Waals surface area contributed by atoms with E-state index in [1.54, 1.807) is 0 Å². The molecule has 0 saturated carbocycles. The summed E-state index contributed by atoms with van der Waals surface area (Å²) in [6.07, 6.45) is 0. The van der Waals surface area contributed by atoms with Gasteiger partial charge in [-0.2, -0.15) is 0 Å². The lowest BCUT2D eigenvalue weighted by Crippen LogP contribution is -2.26. The van der Waals surface area contributed by atoms with Crippen molar-refractivity contribution >= 4 is 40.0 Å². The van der Waals surface area contributed by atoms with Gasteiger partial charge in [-0.25, -0.2) is 0 Å². The summed E-state index contributed by atoms with van der Waals surface area (Å²) in [5, 5.41) is 0. The SMILES string of the molecule is CC.CC.CC.CC.CC.CC.CC.CC.CC.CC.CC.CC.CC[S+](c1ccccc1)c1ccccc1.CC[S+](c1ccccc1)c1ccccc1.[B](c1ccccc1)c1ccccc1. The molecule has 0 fully saturated rings. The molecule has 0 saturated heterocycles. The lowest BCUT2D eigenvalue weighted by Gasteiger charge is -2.04. The van der Waals surface area contributed by atoms with Crippen molar-refractivity contribution in [1.82, 2.24) is 0 Å². The number of hydrogen-bond donors (Lipinski definition) is 0. The molecule has 0 spiro atoms. The minimum Gasteiger partial charge on any atom is -0.0814 e. The zero-order chi connectivity index (χ0) is 54.0. The highest BCUT2D eigenvalue weighted by Crippen LogP contribution is 2.23. The van der Waals surface area contributed by atoms with Gasteiger partial charge in [-0.05, 0) is 62.4 Å². The molecule has 0 amide bonds. The minimum absolute atomic E-state index is 0.242. The van der Waals surface area contributed by atoms with Crippen LogP contribution in [0, 0.1) is 0 Å². The summed E-state index contributed by atoms with van der Waals surface area (Å²) in [7, 11) is 2.65. The molecule has 0 heterocycles. The van der Waals surface area contributed by atoms with Gasteiger partial charge in [0, 0.05) is 0 Å². The van der Waals surface area contributed by atoms with Crippen molar-refractivity contribution in [3.8, 4) is 0 Å². The maximum absolute atomic E-state index is 2.25. The summed E-state index contributed by atoms with van der Waals surface area (Å²) in [6, 6.07) is 63.7. The van der Waals surface area contributed by atoms with E-state index < -0.39 is 0 Å². The van der Waals surface area contributed by atoms with E-state index >= 15 is 0 Å². The van der Waals surface area contributed by atoms with Crippen molar-refractivity contribution < 1.29 is 0 Å². The molecule has 381 valence electrons. The minimum atomic E-state index is 0.242. The molecule has 3 heteroatoms. The standard InChI is InChI=1S/2C14H15S.C12H10B.12C2H6/c2*1-2-15(13-9-5-3-6-10-13)14-11-7-4-8-12-14;1-3-7-11(8-4-1)13-12-9-5-2-6-10-12;12*1-2/h2*3-12H,2H2,1H3;1-10H;12*1-2H3/q2*+1;;;;;;;;;;;;;. The third kappa shape index (κ3) is 48.4. The highest BCUT2D eigenvalue weighted by molar-refractivity contribution is 7.97. The van der Waals surface area contributed by atoms with E-state index in [-0.39, 0.29) is 21.8 Å². The molecule has 1 radical (unpaired) electrons. The van der Waals surface area contributed by atoms with Gasteiger partial charge in [0.05, 0.1) is 21.8 Å². The summed E-state index contributed by atoms with van der Waals surface area (Å²) >= 11 is 0. The Bertz CT molecular complexity index is 1330. The molecule has 0 nitrogen and oxygen atoms in total. The first-order valence-electron chi connectivity index (χ1n) is 26.8. The summed E-state index contributed by atoms with van der Waals surface area (Å²) in [5.74, 6) is 2.35. The van der Waals surface area contributed by atoms with Crippen LogP contribution >= 0.6 is 0 Å². The van der Waals surface area contributed by atoms with Gasteiger partial charge in [0.15, 0.2) is 26.9 Å². The highest BCUT2D eigenvalue weighted by Gasteiger charge is 2.22. The summed E-state index contributed by atoms with van der Waals surface area (Å²) < 4.78 is 0. The third-order valence-corrected chi connectivity index (χ3v) is 11.1. The number of hydrogen-bond acceptors (Lipinski definition) is 0. The van der Waals surface area contributed by atoms with Crippen molar-refractivity contribution in [2.24, 2.45) is 0 Å². The average molecular weight is 957 g/mol. The molecular weight excluding hydrogens is 844 g/mol. The van der Waals surface area contributed by atoms with Crippen LogP contribution in [0.4, 0.5) is 0 Å². The summed E-state index contributed by atoms with van der Waals surface area (Å²) in [4.78, 5) is 5.75. The quantitative estimate of drug-likeness (QED) is 0.105. The van der Waals surface area contributed by atoms with Crippen molar-refractivity contribution in [3.63, 3.8) is 0 Å². The summed E-state index contributed by atoms with van der Waals surface area (Å²) in [5.41, 5.74) is 2.49. The topological polar surface area (TPSA) is 0 Å². The zero-order valence-corrected chi connectivity index (χ0v) is 50.8. The number of benzene rings is 6. The molecule has 6 rings (SSSR count). The maximum atomic E-state index is 2.25. The first kappa shape index (κ1) is 83.1. The molecule has 0 bridgehead atoms. The largest absolute Gasteiger partial charge is 0.191 e. The van der Waals surface area contributed by atoms with Crippen LogP contribution in [-0.2, 0) is 21.8 Å². The second kappa shape index (κ2) is 82.2. The predicted molar refractivity (Wildman–Crippen MR) is 329 cm³/mol. The summed E-state index contributed by atoms with van der Waals surface area (Å²) in [6.45, 7) is 52.5. The van der Waals surface area contributed by atoms with Gasteiger partial charge < -0.3 is 0 Å². The Balaban J connectivity index is -0.0000000878. The fraction of sp³-hybridized carbons (Fsp3) is 0.438. The van der Waals surface area contributed by atoms with Crippen LogP contribution in [0.5, 0.6) is 0 Å². The van der Waals surface area contributed by atoms with E-state index in [0.29, 0.717) is 0 Å². The Morgan fingerprint density at radius 2 is 0.358 bits per heavy atom. The van der Waals surface area contributed by atoms with E-state index in [1.807, 2.05) is 178 Å². The fourth-order valence-electron chi connectivity index (χ4n) is 4.57. The molecule has 6 aromatic carbocycles. The van der Waals surface area contributed by atoms with E-state index in [9.17, 15) is 0 Å². The smallest absolute Gasteiger partial charge is 0.0814 e. The maximum Gasteiger partial charge on any atom is 0.191 e. The fourth-order valence-corrected chi connectivity index (χ4v) is 8.39. The molecule has 0 aliphatic rings. The first-order valence-corrected chi connectivity index (χ1v) is 29.6. The average Bonchev–Trinajstić information content (AvgIpc) is 3.48. The molecule has 6 aromatic rings. The van der Waals surface area contributed by atoms with Crippen LogP contribution in [0.2, 0.25) is 0 Å². The van der Waals surface area contributed by atoms with Gasteiger partial charge in [-0.1, -0.05) is 311 Å². The normalized spacial score (nSPS) is 7.64. The lowest BCUT2D eigenvalue weighted by molar-refractivity contribution is 1.33.